The van der Waals surface area contributed by atoms with E-state index in [1.807, 2.05) is 25.1 Å². The summed E-state index contributed by atoms with van der Waals surface area (Å²) in [5.74, 6) is -0.286. The number of carbonyl (C=O) groups is 1. The number of hydrogen-bond acceptors (Lipinski definition) is 3. The third kappa shape index (κ3) is 3.23. The second kappa shape index (κ2) is 5.71. The molecule has 1 heterocycles. The van der Waals surface area contributed by atoms with Crippen molar-refractivity contribution >= 4 is 34.5 Å². The summed E-state index contributed by atoms with van der Waals surface area (Å²) in [6, 6.07) is 7.27. The number of ether oxygens (including phenoxy) is 1. The molecule has 1 aromatic carbocycles. The van der Waals surface area contributed by atoms with Gasteiger partial charge in [0.15, 0.2) is 0 Å². The first-order chi connectivity index (χ1) is 9.10. The fraction of sp³-hybridized carbons (Fsp3) is 0.143. The Morgan fingerprint density at radius 3 is 2.95 bits per heavy atom. The van der Waals surface area contributed by atoms with E-state index < -0.39 is 5.97 Å². The number of nitrogens with zero attached hydrogens (tertiary/aromatic N) is 1. The Bertz CT molecular complexity index is 652. The molecule has 0 saturated carbocycles. The molecule has 5 heteroatoms. The molecule has 4 nitrogen and oxygen atoms in total. The Hall–Kier alpha value is -2.07. The summed E-state index contributed by atoms with van der Waals surface area (Å²) in [5, 5.41) is 9.74. The van der Waals surface area contributed by atoms with Gasteiger partial charge in [0.25, 0.3) is 0 Å². The lowest BCUT2D eigenvalue weighted by atomic mass is 10.1. The van der Waals surface area contributed by atoms with Crippen LogP contribution in [-0.2, 0) is 4.79 Å². The van der Waals surface area contributed by atoms with Crippen LogP contribution in [-0.4, -0.2) is 22.7 Å². The van der Waals surface area contributed by atoms with Crippen LogP contribution in [0.2, 0.25) is 5.15 Å². The average molecular weight is 278 g/mol. The zero-order valence-corrected chi connectivity index (χ0v) is 11.0. The molecule has 1 N–H and O–H groups in total. The lowest BCUT2D eigenvalue weighted by Gasteiger charge is -2.06. The molecule has 0 saturated heterocycles. The highest BCUT2D eigenvalue weighted by atomic mass is 35.5. The largest absolute Gasteiger partial charge is 0.494 e. The van der Waals surface area contributed by atoms with Gasteiger partial charge >= 0.3 is 5.97 Å². The van der Waals surface area contributed by atoms with Crippen molar-refractivity contribution in [3.8, 4) is 5.75 Å². The van der Waals surface area contributed by atoms with Crippen LogP contribution in [0.5, 0.6) is 5.75 Å². The summed E-state index contributed by atoms with van der Waals surface area (Å²) in [7, 11) is 0. The quantitative estimate of drug-likeness (QED) is 0.687. The number of pyridine rings is 1. The van der Waals surface area contributed by atoms with Crippen LogP contribution < -0.4 is 4.74 Å². The predicted molar refractivity (Wildman–Crippen MR) is 74.6 cm³/mol. The number of aromatic nitrogens is 1. The van der Waals surface area contributed by atoms with Crippen molar-refractivity contribution < 1.29 is 14.6 Å². The van der Waals surface area contributed by atoms with Gasteiger partial charge in [-0.3, -0.25) is 0 Å². The van der Waals surface area contributed by atoms with Gasteiger partial charge in [0.2, 0.25) is 0 Å². The number of aliphatic carboxylic acids is 1. The van der Waals surface area contributed by atoms with Crippen LogP contribution in [0.15, 0.2) is 30.3 Å². The Balaban J connectivity index is 2.48. The summed E-state index contributed by atoms with van der Waals surface area (Å²) in [6.07, 6.45) is 2.45. The van der Waals surface area contributed by atoms with E-state index in [1.54, 1.807) is 6.07 Å². The van der Waals surface area contributed by atoms with E-state index in [-0.39, 0.29) is 5.15 Å². The second-order valence-corrected chi connectivity index (χ2v) is 4.19. The molecule has 98 valence electrons. The van der Waals surface area contributed by atoms with E-state index in [0.717, 1.165) is 22.7 Å². The fourth-order valence-electron chi connectivity index (χ4n) is 1.68. The molecule has 0 atom stereocenters. The number of benzene rings is 1. The smallest absolute Gasteiger partial charge is 0.328 e. The van der Waals surface area contributed by atoms with Crippen molar-refractivity contribution in [1.29, 1.82) is 0 Å². The van der Waals surface area contributed by atoms with Crippen molar-refractivity contribution in [2.45, 2.75) is 6.92 Å². The molecule has 0 amide bonds. The van der Waals surface area contributed by atoms with Crippen molar-refractivity contribution in [1.82, 2.24) is 4.98 Å². The maximum atomic E-state index is 10.5. The van der Waals surface area contributed by atoms with E-state index in [2.05, 4.69) is 4.98 Å². The summed E-state index contributed by atoms with van der Waals surface area (Å²) in [4.78, 5) is 14.7. The first kappa shape index (κ1) is 13.4. The third-order valence-corrected chi connectivity index (χ3v) is 2.79. The van der Waals surface area contributed by atoms with Gasteiger partial charge in [0, 0.05) is 17.0 Å². The summed E-state index contributed by atoms with van der Waals surface area (Å²) < 4.78 is 5.41. The molecule has 1 aromatic heterocycles. The maximum Gasteiger partial charge on any atom is 0.328 e. The van der Waals surface area contributed by atoms with Gasteiger partial charge in [0.1, 0.15) is 10.9 Å². The normalized spacial score (nSPS) is 11.1. The average Bonchev–Trinajstić information content (AvgIpc) is 2.37. The van der Waals surface area contributed by atoms with Gasteiger partial charge in [-0.2, -0.15) is 0 Å². The van der Waals surface area contributed by atoms with E-state index in [1.165, 1.54) is 6.08 Å². The third-order valence-electron chi connectivity index (χ3n) is 2.48. The van der Waals surface area contributed by atoms with Gasteiger partial charge < -0.3 is 9.84 Å². The molecule has 0 aliphatic rings. The van der Waals surface area contributed by atoms with Gasteiger partial charge in [-0.1, -0.05) is 11.6 Å². The Morgan fingerprint density at radius 2 is 2.26 bits per heavy atom. The highest BCUT2D eigenvalue weighted by Crippen LogP contribution is 2.25. The van der Waals surface area contributed by atoms with Gasteiger partial charge in [-0.15, -0.1) is 0 Å². The summed E-state index contributed by atoms with van der Waals surface area (Å²) >= 11 is 6.00. The minimum Gasteiger partial charge on any atom is -0.494 e. The van der Waals surface area contributed by atoms with E-state index in [9.17, 15) is 4.79 Å². The van der Waals surface area contributed by atoms with E-state index in [0.29, 0.717) is 12.2 Å². The predicted octanol–water partition coefficient (Wildman–Crippen LogP) is 3.38. The van der Waals surface area contributed by atoms with Crippen molar-refractivity contribution in [3.63, 3.8) is 0 Å². The van der Waals surface area contributed by atoms with Crippen LogP contribution in [0.1, 0.15) is 12.5 Å². The molecular formula is C14H12ClNO3. The minimum absolute atomic E-state index is 0.272. The molecular weight excluding hydrogens is 266 g/mol. The fourth-order valence-corrected chi connectivity index (χ4v) is 1.89. The maximum absolute atomic E-state index is 10.5. The summed E-state index contributed by atoms with van der Waals surface area (Å²) in [6.45, 7) is 2.49. The Kier molecular flexibility index (Phi) is 4.02. The number of fused-ring (bicyclic) bond motifs is 1. The molecule has 2 rings (SSSR count). The zero-order chi connectivity index (χ0) is 13.8. The standard InChI is InChI=1S/C14H12ClNO3/c1-2-19-11-4-5-12-10(8-11)7-9(14(15)16-12)3-6-13(17)18/h3-8H,2H2,1H3,(H,17,18)/b6-3+. The molecule has 0 fully saturated rings. The first-order valence-electron chi connectivity index (χ1n) is 5.74. The van der Waals surface area contributed by atoms with Crippen LogP contribution >= 0.6 is 11.6 Å². The van der Waals surface area contributed by atoms with E-state index >= 15 is 0 Å². The molecule has 2 aromatic rings. The number of carboxylic acids is 1. The molecule has 0 spiro atoms. The Morgan fingerprint density at radius 1 is 1.47 bits per heavy atom. The molecule has 19 heavy (non-hydrogen) atoms. The van der Waals surface area contributed by atoms with Crippen molar-refractivity contribution in [2.75, 3.05) is 6.61 Å². The molecule has 0 aliphatic heterocycles. The van der Waals surface area contributed by atoms with Crippen LogP contribution in [0.4, 0.5) is 0 Å². The van der Waals surface area contributed by atoms with Gasteiger partial charge in [0.05, 0.1) is 12.1 Å². The van der Waals surface area contributed by atoms with Gasteiger partial charge in [-0.25, -0.2) is 9.78 Å². The molecule has 0 aliphatic carbocycles. The highest BCUT2D eigenvalue weighted by Gasteiger charge is 2.04. The van der Waals surface area contributed by atoms with E-state index in [4.69, 9.17) is 21.4 Å². The molecule has 0 unspecified atom stereocenters. The lowest BCUT2D eigenvalue weighted by molar-refractivity contribution is -0.131. The Labute approximate surface area is 115 Å². The zero-order valence-electron chi connectivity index (χ0n) is 10.3. The summed E-state index contributed by atoms with van der Waals surface area (Å²) in [5.41, 5.74) is 1.30. The van der Waals surface area contributed by atoms with Crippen molar-refractivity contribution in [3.05, 3.63) is 41.1 Å². The number of rotatable bonds is 4. The minimum atomic E-state index is -1.03. The SMILES string of the molecule is CCOc1ccc2nc(Cl)c(/C=C/C(=O)O)cc2c1. The van der Waals surface area contributed by atoms with Crippen molar-refractivity contribution in [2.24, 2.45) is 0 Å². The highest BCUT2D eigenvalue weighted by molar-refractivity contribution is 6.31. The van der Waals surface area contributed by atoms with Crippen LogP contribution in [0.3, 0.4) is 0 Å². The number of carboxylic acid groups (broad SMARTS) is 1. The number of hydrogen-bond donors (Lipinski definition) is 1. The first-order valence-corrected chi connectivity index (χ1v) is 6.12. The van der Waals surface area contributed by atoms with Crippen LogP contribution in [0.25, 0.3) is 17.0 Å². The number of halogens is 1. The topological polar surface area (TPSA) is 59.4 Å². The monoisotopic (exact) mass is 277 g/mol. The molecule has 0 radical (unpaired) electrons. The molecule has 0 bridgehead atoms. The van der Waals surface area contributed by atoms with Crippen LogP contribution in [0, 0.1) is 0 Å². The second-order valence-electron chi connectivity index (χ2n) is 3.83. The lowest BCUT2D eigenvalue weighted by Crippen LogP contribution is -1.92. The van der Waals surface area contributed by atoms with Gasteiger partial charge in [-0.05, 0) is 37.3 Å².